The first kappa shape index (κ1) is 60.4. The van der Waals surface area contributed by atoms with Gasteiger partial charge < -0.3 is 14.2 Å². The third-order valence-electron chi connectivity index (χ3n) is 13.1. The van der Waals surface area contributed by atoms with Crippen molar-refractivity contribution >= 4 is 17.9 Å². The van der Waals surface area contributed by atoms with E-state index in [0.717, 1.165) is 69.6 Å². The molecule has 0 aliphatic carbocycles. The van der Waals surface area contributed by atoms with Gasteiger partial charge in [0, 0.05) is 19.3 Å². The van der Waals surface area contributed by atoms with Crippen molar-refractivity contribution in [3.8, 4) is 0 Å². The van der Waals surface area contributed by atoms with E-state index in [1.807, 2.05) is 0 Å². The highest BCUT2D eigenvalue weighted by Crippen LogP contribution is 2.18. The van der Waals surface area contributed by atoms with Crippen molar-refractivity contribution < 1.29 is 28.6 Å². The van der Waals surface area contributed by atoms with Gasteiger partial charge in [0.15, 0.2) is 6.10 Å². The van der Waals surface area contributed by atoms with E-state index in [-0.39, 0.29) is 31.1 Å². The van der Waals surface area contributed by atoms with Crippen molar-refractivity contribution in [2.45, 2.75) is 317 Å². The Balaban J connectivity index is 4.16. The molecule has 0 aromatic rings. The Hall–Kier alpha value is -1.59. The quantitative estimate of drug-likeness (QED) is 0.0344. The summed E-state index contributed by atoms with van der Waals surface area (Å²) >= 11 is 0. The third kappa shape index (κ3) is 47.9. The van der Waals surface area contributed by atoms with Crippen LogP contribution in [-0.4, -0.2) is 37.2 Å². The van der Waals surface area contributed by atoms with Crippen LogP contribution in [0.1, 0.15) is 311 Å². The Morgan fingerprint density at radius 2 is 0.613 bits per heavy atom. The summed E-state index contributed by atoms with van der Waals surface area (Å²) in [5.74, 6) is 0.840. The molecule has 1 unspecified atom stereocenters. The molecule has 0 radical (unpaired) electrons. The van der Waals surface area contributed by atoms with Crippen LogP contribution in [0.2, 0.25) is 0 Å². The van der Waals surface area contributed by atoms with E-state index in [2.05, 4.69) is 34.6 Å². The van der Waals surface area contributed by atoms with Gasteiger partial charge in [-0.05, 0) is 31.1 Å². The Bertz CT molecular complexity index is 949. The lowest BCUT2D eigenvalue weighted by Gasteiger charge is -2.18. The summed E-state index contributed by atoms with van der Waals surface area (Å²) in [6.07, 6.45) is 51.0. The van der Waals surface area contributed by atoms with Gasteiger partial charge >= 0.3 is 17.9 Å². The Labute approximate surface area is 387 Å². The maximum Gasteiger partial charge on any atom is 0.306 e. The monoisotopic (exact) mass is 877 g/mol. The minimum atomic E-state index is -0.762. The molecule has 0 spiro atoms. The lowest BCUT2D eigenvalue weighted by Crippen LogP contribution is -2.30. The van der Waals surface area contributed by atoms with Crippen LogP contribution in [0.25, 0.3) is 0 Å². The van der Waals surface area contributed by atoms with Crippen molar-refractivity contribution in [3.63, 3.8) is 0 Å². The number of ether oxygens (including phenoxy) is 3. The van der Waals surface area contributed by atoms with Crippen molar-refractivity contribution in [2.24, 2.45) is 11.8 Å². The molecule has 0 aromatic heterocycles. The van der Waals surface area contributed by atoms with Gasteiger partial charge in [-0.15, -0.1) is 0 Å². The normalized spacial score (nSPS) is 12.5. The molecule has 368 valence electrons. The molecule has 2 atom stereocenters. The summed E-state index contributed by atoms with van der Waals surface area (Å²) in [6.45, 7) is 11.4. The molecule has 0 aliphatic heterocycles. The van der Waals surface area contributed by atoms with Crippen LogP contribution < -0.4 is 0 Å². The zero-order valence-electron chi connectivity index (χ0n) is 42.5. The molecule has 0 aromatic carbocycles. The van der Waals surface area contributed by atoms with Crippen LogP contribution >= 0.6 is 0 Å². The van der Waals surface area contributed by atoms with Crippen LogP contribution in [-0.2, 0) is 28.6 Å². The predicted octanol–water partition coefficient (Wildman–Crippen LogP) is 18.1. The second-order valence-electron chi connectivity index (χ2n) is 19.9. The fraction of sp³-hybridized carbons (Fsp3) is 0.946. The topological polar surface area (TPSA) is 78.9 Å². The number of carbonyl (C=O) groups is 3. The number of carbonyl (C=O) groups excluding carboxylic acids is 3. The highest BCUT2D eigenvalue weighted by Gasteiger charge is 2.19. The average Bonchev–Trinajstić information content (AvgIpc) is 3.26. The summed E-state index contributed by atoms with van der Waals surface area (Å²) in [5.41, 5.74) is 0. The molecule has 0 aliphatic rings. The molecule has 0 bridgehead atoms. The fourth-order valence-electron chi connectivity index (χ4n) is 8.49. The van der Waals surface area contributed by atoms with E-state index >= 15 is 0 Å². The number of unbranched alkanes of at least 4 members (excludes halogenated alkanes) is 34. The van der Waals surface area contributed by atoms with Gasteiger partial charge in [-0.3, -0.25) is 14.4 Å². The molecule has 0 heterocycles. The van der Waals surface area contributed by atoms with E-state index in [0.29, 0.717) is 19.3 Å². The zero-order chi connectivity index (χ0) is 45.4. The number of esters is 3. The lowest BCUT2D eigenvalue weighted by atomic mass is 9.99. The van der Waals surface area contributed by atoms with Crippen LogP contribution in [0.3, 0.4) is 0 Å². The zero-order valence-corrected chi connectivity index (χ0v) is 42.5. The summed E-state index contributed by atoms with van der Waals surface area (Å²) < 4.78 is 16.8. The summed E-state index contributed by atoms with van der Waals surface area (Å²) in [7, 11) is 0. The van der Waals surface area contributed by atoms with Gasteiger partial charge in [-0.1, -0.05) is 272 Å². The molecular weight excluding hydrogens is 769 g/mol. The largest absolute Gasteiger partial charge is 0.462 e. The van der Waals surface area contributed by atoms with Gasteiger partial charge in [-0.2, -0.15) is 0 Å². The van der Waals surface area contributed by atoms with Crippen molar-refractivity contribution in [2.75, 3.05) is 13.2 Å². The molecule has 0 saturated carbocycles. The summed E-state index contributed by atoms with van der Waals surface area (Å²) in [4.78, 5) is 37.9. The molecule has 62 heavy (non-hydrogen) atoms. The third-order valence-corrected chi connectivity index (χ3v) is 13.1. The summed E-state index contributed by atoms with van der Waals surface area (Å²) in [5, 5.41) is 0. The Morgan fingerprint density at radius 1 is 0.339 bits per heavy atom. The second-order valence-corrected chi connectivity index (χ2v) is 19.9. The van der Waals surface area contributed by atoms with Crippen LogP contribution in [0.5, 0.6) is 0 Å². The van der Waals surface area contributed by atoms with E-state index in [1.165, 1.54) is 199 Å². The minimum Gasteiger partial charge on any atom is -0.462 e. The number of rotatable bonds is 50. The molecule has 6 heteroatoms. The molecule has 0 rings (SSSR count). The number of hydrogen-bond acceptors (Lipinski definition) is 6. The standard InChI is InChI=1S/C56H108O6/c1-6-8-9-10-11-12-13-23-26-31-36-41-46-54(57)60-49-53(62-56(59)48-43-38-33-28-29-34-39-44-51(3)4)50-61-55(58)47-42-37-32-27-24-21-19-17-15-14-16-18-20-22-25-30-35-40-45-52(5)7-2/h51-53H,6-50H2,1-5H3/t52?,53-/m1/s1. The maximum atomic E-state index is 12.8. The van der Waals surface area contributed by atoms with Crippen molar-refractivity contribution in [3.05, 3.63) is 0 Å². The van der Waals surface area contributed by atoms with E-state index < -0.39 is 6.10 Å². The van der Waals surface area contributed by atoms with Crippen molar-refractivity contribution in [1.29, 1.82) is 0 Å². The summed E-state index contributed by atoms with van der Waals surface area (Å²) in [6, 6.07) is 0. The van der Waals surface area contributed by atoms with Gasteiger partial charge in [0.25, 0.3) is 0 Å². The first-order valence-corrected chi connectivity index (χ1v) is 27.8. The highest BCUT2D eigenvalue weighted by atomic mass is 16.6. The molecule has 0 saturated heterocycles. The van der Waals surface area contributed by atoms with Gasteiger partial charge in [0.05, 0.1) is 0 Å². The Morgan fingerprint density at radius 3 is 0.919 bits per heavy atom. The molecule has 0 amide bonds. The van der Waals surface area contributed by atoms with Gasteiger partial charge in [0.1, 0.15) is 13.2 Å². The van der Waals surface area contributed by atoms with Crippen LogP contribution in [0.4, 0.5) is 0 Å². The van der Waals surface area contributed by atoms with Crippen molar-refractivity contribution in [1.82, 2.24) is 0 Å². The molecule has 0 N–H and O–H groups in total. The fourth-order valence-corrected chi connectivity index (χ4v) is 8.49. The maximum absolute atomic E-state index is 12.8. The average molecular weight is 877 g/mol. The molecule has 6 nitrogen and oxygen atoms in total. The molecular formula is C56H108O6. The predicted molar refractivity (Wildman–Crippen MR) is 266 cm³/mol. The second kappa shape index (κ2) is 48.9. The van der Waals surface area contributed by atoms with E-state index in [9.17, 15) is 14.4 Å². The minimum absolute atomic E-state index is 0.0639. The van der Waals surface area contributed by atoms with Gasteiger partial charge in [-0.25, -0.2) is 0 Å². The smallest absolute Gasteiger partial charge is 0.306 e. The molecule has 0 fully saturated rings. The Kier molecular flexibility index (Phi) is 47.6. The van der Waals surface area contributed by atoms with Gasteiger partial charge in [0.2, 0.25) is 0 Å². The number of hydrogen-bond donors (Lipinski definition) is 0. The first-order valence-electron chi connectivity index (χ1n) is 27.8. The van der Waals surface area contributed by atoms with E-state index in [1.54, 1.807) is 0 Å². The van der Waals surface area contributed by atoms with Crippen LogP contribution in [0, 0.1) is 11.8 Å². The van der Waals surface area contributed by atoms with Crippen LogP contribution in [0.15, 0.2) is 0 Å². The highest BCUT2D eigenvalue weighted by molar-refractivity contribution is 5.71. The van der Waals surface area contributed by atoms with E-state index in [4.69, 9.17) is 14.2 Å². The SMILES string of the molecule is CCCCCCCCCCCCCCC(=O)OC[C@H](COC(=O)CCCCCCCCCCCCCCCCCCCCC(C)CC)OC(=O)CCCCCCCCCC(C)C. The lowest BCUT2D eigenvalue weighted by molar-refractivity contribution is -0.167. The first-order chi connectivity index (χ1) is 30.3.